The first-order valence-corrected chi connectivity index (χ1v) is 16.5. The molecular formula is C27H37FN7O7PS. The zero-order valence-corrected chi connectivity index (χ0v) is 26.5. The summed E-state index contributed by atoms with van der Waals surface area (Å²) in [5.74, 6) is 0.391. The van der Waals surface area contributed by atoms with Crippen molar-refractivity contribution < 1.29 is 38.1 Å². The first kappa shape index (κ1) is 34.0. The van der Waals surface area contributed by atoms with Crippen LogP contribution in [0.15, 0.2) is 36.5 Å². The van der Waals surface area contributed by atoms with E-state index in [-0.39, 0.29) is 53.6 Å². The molecule has 1 aliphatic heterocycles. The van der Waals surface area contributed by atoms with Crippen molar-refractivity contribution in [2.75, 3.05) is 31.3 Å². The number of aryl methyl sites for hydroxylation is 1. The molecule has 0 spiro atoms. The number of hydrogen-bond donors (Lipinski definition) is 5. The average Bonchev–Trinajstić information content (AvgIpc) is 3.50. The number of hydrogen-bond acceptors (Lipinski definition) is 14. The maximum atomic E-state index is 16.4. The van der Waals surface area contributed by atoms with Crippen molar-refractivity contribution in [3.05, 3.63) is 53.6 Å². The number of ether oxygens (including phenoxy) is 1. The number of alkyl halides is 1. The minimum absolute atomic E-state index is 0.00770. The van der Waals surface area contributed by atoms with Crippen molar-refractivity contribution in [2.45, 2.75) is 57.7 Å². The number of halogens is 1. The van der Waals surface area contributed by atoms with Crippen molar-refractivity contribution in [3.8, 4) is 6.07 Å². The van der Waals surface area contributed by atoms with Crippen LogP contribution in [0.4, 0.5) is 10.2 Å². The number of carbonyl (C=O) groups is 1. The van der Waals surface area contributed by atoms with E-state index in [0.29, 0.717) is 0 Å². The fourth-order valence-electron chi connectivity index (χ4n) is 4.57. The monoisotopic (exact) mass is 653 g/mol. The third kappa shape index (κ3) is 6.71. The number of nitriles is 1. The molecule has 14 nitrogen and oxygen atoms in total. The van der Waals surface area contributed by atoms with E-state index in [1.165, 1.54) is 6.20 Å². The Hall–Kier alpha value is -2.84. The molecule has 3 heterocycles. The van der Waals surface area contributed by atoms with Gasteiger partial charge in [-0.15, -0.1) is 0 Å². The Labute approximate surface area is 258 Å². The Balaban J connectivity index is 1.53. The van der Waals surface area contributed by atoms with E-state index in [0.717, 1.165) is 28.8 Å². The zero-order valence-electron chi connectivity index (χ0n) is 24.7. The van der Waals surface area contributed by atoms with Crippen LogP contribution < -0.4 is 10.8 Å². The number of aliphatic hydroxyl groups excluding tert-OH is 2. The number of nitrogens with zero attached hydrogens (tertiary/aromatic N) is 5. The summed E-state index contributed by atoms with van der Waals surface area (Å²) in [7, 11) is -4.26. The second-order valence-electron chi connectivity index (χ2n) is 11.2. The molecule has 6 N–H and O–H groups in total. The molecule has 0 aliphatic carbocycles. The van der Waals surface area contributed by atoms with Crippen molar-refractivity contribution in [3.63, 3.8) is 0 Å². The SMILES string of the molecule is Cc1nc(N)c2ncc([C@]3(C#N)O[C@H](CO[PH](O)(NCc4ccccc4)OCCSC(=O)C(C)(C)CO)[C@@H](O)[C@@]3(C)F)n2n1. The molecular weight excluding hydrogens is 616 g/mol. The van der Waals surface area contributed by atoms with Gasteiger partial charge in [0.1, 0.15) is 0 Å². The van der Waals surface area contributed by atoms with Crippen LogP contribution in [0.5, 0.6) is 0 Å². The van der Waals surface area contributed by atoms with Gasteiger partial charge in [0.2, 0.25) is 0 Å². The van der Waals surface area contributed by atoms with Crippen LogP contribution in [0.1, 0.15) is 37.9 Å². The maximum absolute atomic E-state index is 16.4. The summed E-state index contributed by atoms with van der Waals surface area (Å²) >= 11 is 0.937. The average molecular weight is 654 g/mol. The molecule has 44 heavy (non-hydrogen) atoms. The van der Waals surface area contributed by atoms with E-state index >= 15 is 4.39 Å². The normalized spacial score (nSPS) is 24.4. The van der Waals surface area contributed by atoms with Crippen LogP contribution in [-0.2, 0) is 30.7 Å². The van der Waals surface area contributed by atoms with E-state index < -0.39 is 43.6 Å². The minimum atomic E-state index is -4.26. The van der Waals surface area contributed by atoms with E-state index in [9.17, 15) is 25.2 Å². The van der Waals surface area contributed by atoms with Gasteiger partial charge in [0, 0.05) is 0 Å². The number of anilines is 1. The number of aromatic nitrogens is 4. The third-order valence-electron chi connectivity index (χ3n) is 7.30. The summed E-state index contributed by atoms with van der Waals surface area (Å²) in [6, 6.07) is 11.0. The fourth-order valence-corrected chi connectivity index (χ4v) is 7.01. The van der Waals surface area contributed by atoms with Crippen LogP contribution >= 0.6 is 19.9 Å². The molecule has 4 atom stereocenters. The molecule has 0 bridgehead atoms. The standard InChI is InChI=1S/C27H37FN7O7PS/c1-17-33-22(30)23-31-13-20(35(23)34-17)27(15-29)26(4,28)21(37)19(42-27)14-41-43(39,32-12-18-8-6-5-7-9-18)40-10-11-44-24(38)25(2,3)16-36/h5-9,13,19,21,32,36-37,39,43H,10-12,14,16H2,1-4H3,(H2,30,33,34)/t19-,21-,26-,27+/m1/s1. The third-order valence-corrected chi connectivity index (χ3v) is 10.3. The molecule has 1 fully saturated rings. The molecule has 240 valence electrons. The number of fused-ring (bicyclic) bond motifs is 1. The van der Waals surface area contributed by atoms with Crippen LogP contribution in [0.25, 0.3) is 5.65 Å². The first-order chi connectivity index (χ1) is 20.7. The molecule has 1 aliphatic rings. The number of aliphatic hydroxyl groups is 2. The van der Waals surface area contributed by atoms with E-state index in [1.807, 2.05) is 36.4 Å². The summed E-state index contributed by atoms with van der Waals surface area (Å²) < 4.78 is 34.9. The van der Waals surface area contributed by atoms with Crippen molar-refractivity contribution in [1.82, 2.24) is 24.7 Å². The van der Waals surface area contributed by atoms with Gasteiger partial charge < -0.3 is 0 Å². The predicted octanol–water partition coefficient (Wildman–Crippen LogP) is 1.73. The van der Waals surface area contributed by atoms with Gasteiger partial charge >= 0.3 is 259 Å². The number of imidazole rings is 1. The van der Waals surface area contributed by atoms with Gasteiger partial charge in [0.05, 0.1) is 0 Å². The van der Waals surface area contributed by atoms with E-state index in [1.54, 1.807) is 20.8 Å². The summed E-state index contributed by atoms with van der Waals surface area (Å²) in [4.78, 5) is 31.9. The molecule has 1 saturated heterocycles. The van der Waals surface area contributed by atoms with Gasteiger partial charge in [-0.3, -0.25) is 0 Å². The summed E-state index contributed by atoms with van der Waals surface area (Å²) in [5.41, 5.74) is 0.691. The van der Waals surface area contributed by atoms with Crippen molar-refractivity contribution in [2.24, 2.45) is 5.41 Å². The van der Waals surface area contributed by atoms with Crippen LogP contribution in [-0.4, -0.2) is 83.3 Å². The number of nitrogen functional groups attached to an aromatic ring is 1. The number of carbonyl (C=O) groups excluding carboxylic acids is 1. The fraction of sp³-hybridized carbons (Fsp3) is 0.519. The number of thioether (sulfide) groups is 1. The summed E-state index contributed by atoms with van der Waals surface area (Å²) in [6.45, 7) is 4.95. The number of nitrogens with one attached hydrogen (secondary N) is 1. The first-order valence-electron chi connectivity index (χ1n) is 13.7. The molecule has 0 amide bonds. The molecule has 4 rings (SSSR count). The topological polar surface area (TPSA) is 210 Å². The summed E-state index contributed by atoms with van der Waals surface area (Å²) in [5, 5.41) is 37.6. The van der Waals surface area contributed by atoms with Gasteiger partial charge in [-0.2, -0.15) is 0 Å². The van der Waals surface area contributed by atoms with Gasteiger partial charge in [-0.1, -0.05) is 0 Å². The Morgan fingerprint density at radius 2 is 2.07 bits per heavy atom. The zero-order chi connectivity index (χ0) is 32.3. The van der Waals surface area contributed by atoms with Crippen molar-refractivity contribution >= 4 is 36.4 Å². The van der Waals surface area contributed by atoms with Gasteiger partial charge in [0.15, 0.2) is 0 Å². The molecule has 0 saturated carbocycles. The number of nitrogens with two attached hydrogens (primary N) is 1. The Kier molecular flexibility index (Phi) is 10.3. The van der Waals surface area contributed by atoms with Gasteiger partial charge in [-0.05, 0) is 0 Å². The summed E-state index contributed by atoms with van der Waals surface area (Å²) in [6.07, 6.45) is -2.13. The molecule has 0 unspecified atom stereocenters. The molecule has 0 radical (unpaired) electrons. The molecule has 17 heteroatoms. The van der Waals surface area contributed by atoms with Gasteiger partial charge in [-0.25, -0.2) is 0 Å². The van der Waals surface area contributed by atoms with Crippen LogP contribution in [0.3, 0.4) is 0 Å². The number of benzene rings is 1. The van der Waals surface area contributed by atoms with Crippen LogP contribution in [0.2, 0.25) is 0 Å². The predicted molar refractivity (Wildman–Crippen MR) is 162 cm³/mol. The Bertz CT molecular complexity index is 1530. The van der Waals surface area contributed by atoms with E-state index in [2.05, 4.69) is 20.2 Å². The van der Waals surface area contributed by atoms with Crippen molar-refractivity contribution in [1.29, 1.82) is 5.26 Å². The quantitative estimate of drug-likeness (QED) is 0.131. The Morgan fingerprint density at radius 1 is 1.36 bits per heavy atom. The van der Waals surface area contributed by atoms with Crippen LogP contribution in [0, 0.1) is 23.7 Å². The molecule has 1 aromatic carbocycles. The molecule has 2 aromatic heterocycles. The second-order valence-corrected chi connectivity index (χ2v) is 14.3. The second kappa shape index (κ2) is 13.3. The Morgan fingerprint density at radius 3 is 2.73 bits per heavy atom. The van der Waals surface area contributed by atoms with Gasteiger partial charge in [0.25, 0.3) is 0 Å². The number of rotatable bonds is 13. The molecule has 3 aromatic rings. The van der Waals surface area contributed by atoms with E-state index in [4.69, 9.17) is 19.5 Å².